The van der Waals surface area contributed by atoms with Crippen LogP contribution in [0.2, 0.25) is 0 Å². The predicted molar refractivity (Wildman–Crippen MR) is 286 cm³/mol. The summed E-state index contributed by atoms with van der Waals surface area (Å²) in [5.41, 5.74) is 10.8. The molecule has 6 aromatic carbocycles. The molecule has 71 heavy (non-hydrogen) atoms. The Morgan fingerprint density at radius 2 is 0.901 bits per heavy atom. The van der Waals surface area contributed by atoms with E-state index in [1.807, 2.05) is 107 Å². The van der Waals surface area contributed by atoms with Gasteiger partial charge in [-0.2, -0.15) is 10.2 Å². The highest BCUT2D eigenvalue weighted by Gasteiger charge is 1.96. The molecule has 0 aliphatic heterocycles. The molecule has 0 fully saturated rings. The number of rotatable bonds is 0. The van der Waals surface area contributed by atoms with Gasteiger partial charge in [-0.25, -0.2) is 23.1 Å². The fourth-order valence-electron chi connectivity index (χ4n) is 6.15. The second-order valence-electron chi connectivity index (χ2n) is 16.0. The lowest BCUT2D eigenvalue weighted by Gasteiger charge is -1.97. The Bertz CT molecular complexity index is 3030. The number of hydrogen-bond acceptors (Lipinski definition) is 7. The molecule has 0 atom stereocenters. The first-order chi connectivity index (χ1) is 34.3. The molecule has 11 aromatic rings. The molecule has 0 bridgehead atoms. The summed E-state index contributed by atoms with van der Waals surface area (Å²) < 4.78 is 36.6. The maximum Gasteiger partial charge on any atom is 0.126 e. The summed E-state index contributed by atoms with van der Waals surface area (Å²) in [6.07, 6.45) is 10.6. The van der Waals surface area contributed by atoms with Crippen molar-refractivity contribution in [2.45, 2.75) is 55.4 Å². The van der Waals surface area contributed by atoms with Gasteiger partial charge in [-0.15, -0.1) is 0 Å². The van der Waals surface area contributed by atoms with Crippen molar-refractivity contribution >= 4 is 32.7 Å². The Morgan fingerprint density at radius 3 is 1.45 bits per heavy atom. The summed E-state index contributed by atoms with van der Waals surface area (Å²) in [6.45, 7) is 15.6. The lowest BCUT2D eigenvalue weighted by Crippen LogP contribution is -1.80. The van der Waals surface area contributed by atoms with Crippen molar-refractivity contribution < 1.29 is 13.2 Å². The maximum atomic E-state index is 12.3. The summed E-state index contributed by atoms with van der Waals surface area (Å²) in [6, 6.07) is 56.0. The molecule has 0 radical (unpaired) electrons. The highest BCUT2D eigenvalue weighted by atomic mass is 19.1. The molecule has 10 heteroatoms. The number of benzene rings is 6. The van der Waals surface area contributed by atoms with Crippen molar-refractivity contribution in [3.63, 3.8) is 0 Å². The molecular weight excluding hydrogens is 888 g/mol. The van der Waals surface area contributed by atoms with Crippen molar-refractivity contribution in [3.05, 3.63) is 282 Å². The number of hydrogen-bond donors (Lipinski definition) is 0. The first kappa shape index (κ1) is 55.1. The highest BCUT2D eigenvalue weighted by Crippen LogP contribution is 2.16. The van der Waals surface area contributed by atoms with Gasteiger partial charge < -0.3 is 0 Å². The molecule has 5 heterocycles. The Balaban J connectivity index is 0.000000178. The summed E-state index contributed by atoms with van der Waals surface area (Å²) in [5.74, 6) is 0.357. The van der Waals surface area contributed by atoms with Crippen molar-refractivity contribution in [1.29, 1.82) is 0 Å². The standard InChI is InChI=1S/3C10H9N.3C7H7F.2C5H6N2/c1-8-4-2-6-10-9(8)5-3-7-11-10;1-8-4-2-5-9-6-3-7-11-10(8)9;1-8-4-5-10-9(7-8)3-2-6-11-10;1-6-2-4-7(8)5-3-6;1-6-3-2-4-7(8)5-6;1-6-4-2-3-5-7(6)8;1-5-6-3-2-4-7-5;1-5-3-2-4-6-7-5/h3*2-7H,1H3;3*2-5H,1H3;2*2-4H,1H3. The largest absolute Gasteiger partial charge is 0.256 e. The Hall–Kier alpha value is -8.50. The third kappa shape index (κ3) is 21.6. The predicted octanol–water partition coefficient (Wildman–Crippen LogP) is 15.6. The normalized spacial score (nSPS) is 9.62. The molecule has 0 amide bonds. The molecule has 11 rings (SSSR count). The topological polar surface area (TPSA) is 90.2 Å². The van der Waals surface area contributed by atoms with Crippen LogP contribution < -0.4 is 0 Å². The number of halogens is 3. The van der Waals surface area contributed by atoms with Gasteiger partial charge in [0.15, 0.2) is 0 Å². The molecule has 0 aliphatic rings. The van der Waals surface area contributed by atoms with Crippen LogP contribution in [0.1, 0.15) is 44.9 Å². The average molecular weight is 948 g/mol. The van der Waals surface area contributed by atoms with Gasteiger partial charge in [-0.1, -0.05) is 108 Å². The summed E-state index contributed by atoms with van der Waals surface area (Å²) in [5, 5.41) is 11.0. The van der Waals surface area contributed by atoms with Crippen LogP contribution in [-0.2, 0) is 0 Å². The van der Waals surface area contributed by atoms with Crippen LogP contribution in [0.5, 0.6) is 0 Å². The Kier molecular flexibility index (Phi) is 23.9. The molecular formula is C61H60F3N7. The third-order valence-corrected chi connectivity index (χ3v) is 9.92. The van der Waals surface area contributed by atoms with Gasteiger partial charge in [0.1, 0.15) is 23.3 Å². The zero-order valence-corrected chi connectivity index (χ0v) is 41.5. The fraction of sp³-hybridized carbons (Fsp3) is 0.131. The van der Waals surface area contributed by atoms with Gasteiger partial charge >= 0.3 is 0 Å². The minimum absolute atomic E-state index is 0.132. The SMILES string of the molecule is Cc1ccc(F)cc1.Cc1ccc2ncccc2c1.Cc1cccc(F)c1.Cc1cccc2cccnc12.Cc1cccc2ncccc12.Cc1ccccc1F.Cc1cccnn1.Cc1ncccn1. The monoisotopic (exact) mass is 947 g/mol. The molecule has 7 nitrogen and oxygen atoms in total. The van der Waals surface area contributed by atoms with Crippen LogP contribution in [0.4, 0.5) is 13.2 Å². The van der Waals surface area contributed by atoms with Crippen molar-refractivity contribution in [1.82, 2.24) is 35.1 Å². The molecule has 0 spiro atoms. The molecule has 5 aromatic heterocycles. The Morgan fingerprint density at radius 1 is 0.338 bits per heavy atom. The van der Waals surface area contributed by atoms with Gasteiger partial charge in [0.2, 0.25) is 0 Å². The summed E-state index contributed by atoms with van der Waals surface area (Å²) in [4.78, 5) is 20.5. The molecule has 0 N–H and O–H groups in total. The number of aryl methyl sites for hydroxylation is 8. The molecule has 0 saturated carbocycles. The van der Waals surface area contributed by atoms with Gasteiger partial charge in [0.05, 0.1) is 22.2 Å². The van der Waals surface area contributed by atoms with E-state index in [1.165, 1.54) is 63.2 Å². The second-order valence-corrected chi connectivity index (χ2v) is 16.0. The van der Waals surface area contributed by atoms with Crippen molar-refractivity contribution in [2.24, 2.45) is 0 Å². The lowest BCUT2D eigenvalue weighted by atomic mass is 10.1. The van der Waals surface area contributed by atoms with E-state index in [2.05, 4.69) is 110 Å². The van der Waals surface area contributed by atoms with Gasteiger partial charge in [0, 0.05) is 53.3 Å². The van der Waals surface area contributed by atoms with Crippen molar-refractivity contribution in [3.8, 4) is 0 Å². The van der Waals surface area contributed by atoms with Gasteiger partial charge in [-0.3, -0.25) is 15.0 Å². The fourth-order valence-corrected chi connectivity index (χ4v) is 6.15. The van der Waals surface area contributed by atoms with E-state index in [-0.39, 0.29) is 17.5 Å². The van der Waals surface area contributed by atoms with Gasteiger partial charge in [-0.05, 0) is 163 Å². The zero-order valence-electron chi connectivity index (χ0n) is 41.5. The van der Waals surface area contributed by atoms with E-state index in [0.717, 1.165) is 39.2 Å². The zero-order chi connectivity index (χ0) is 51.2. The van der Waals surface area contributed by atoms with Crippen LogP contribution >= 0.6 is 0 Å². The van der Waals surface area contributed by atoms with E-state index in [9.17, 15) is 13.2 Å². The molecule has 360 valence electrons. The third-order valence-electron chi connectivity index (χ3n) is 9.92. The van der Waals surface area contributed by atoms with Gasteiger partial charge in [0.25, 0.3) is 0 Å². The summed E-state index contributed by atoms with van der Waals surface area (Å²) >= 11 is 0. The van der Waals surface area contributed by atoms with Crippen LogP contribution in [0.15, 0.2) is 219 Å². The number of nitrogens with zero attached hydrogens (tertiary/aromatic N) is 7. The number of pyridine rings is 3. The smallest absolute Gasteiger partial charge is 0.126 e. The van der Waals surface area contributed by atoms with E-state index in [0.29, 0.717) is 5.56 Å². The Labute approximate surface area is 416 Å². The van der Waals surface area contributed by atoms with Crippen LogP contribution in [0.3, 0.4) is 0 Å². The maximum absolute atomic E-state index is 12.3. The van der Waals surface area contributed by atoms with E-state index in [4.69, 9.17) is 0 Å². The van der Waals surface area contributed by atoms with Crippen LogP contribution in [0.25, 0.3) is 32.7 Å². The quantitative estimate of drug-likeness (QED) is 0.150. The van der Waals surface area contributed by atoms with E-state index in [1.54, 1.807) is 61.9 Å². The first-order valence-corrected chi connectivity index (χ1v) is 22.8. The second kappa shape index (κ2) is 30.8. The minimum Gasteiger partial charge on any atom is -0.256 e. The molecule has 0 aliphatic carbocycles. The van der Waals surface area contributed by atoms with Crippen molar-refractivity contribution in [2.75, 3.05) is 0 Å². The minimum atomic E-state index is -0.171. The first-order valence-electron chi connectivity index (χ1n) is 22.8. The molecule has 0 unspecified atom stereocenters. The van der Waals surface area contributed by atoms with E-state index >= 15 is 0 Å². The van der Waals surface area contributed by atoms with Crippen LogP contribution in [0, 0.1) is 72.8 Å². The summed E-state index contributed by atoms with van der Waals surface area (Å²) in [7, 11) is 0. The average Bonchev–Trinajstić information content (AvgIpc) is 3.38. The number of aromatic nitrogens is 7. The van der Waals surface area contributed by atoms with E-state index < -0.39 is 0 Å². The number of fused-ring (bicyclic) bond motifs is 3. The molecule has 0 saturated heterocycles. The lowest BCUT2D eigenvalue weighted by molar-refractivity contribution is 0.618. The number of para-hydroxylation sites is 1. The van der Waals surface area contributed by atoms with Crippen LogP contribution in [-0.4, -0.2) is 35.1 Å². The highest BCUT2D eigenvalue weighted by molar-refractivity contribution is 5.82.